The lowest BCUT2D eigenvalue weighted by Crippen LogP contribution is -2.59. The normalized spacial score (nSPS) is 42.8. The number of hydrogen-bond donors (Lipinski definition) is 2. The molecule has 0 radical (unpaired) electrons. The van der Waals surface area contributed by atoms with Crippen LogP contribution in [0.1, 0.15) is 85.5 Å². The zero-order valence-electron chi connectivity index (χ0n) is 38.6. The van der Waals surface area contributed by atoms with Gasteiger partial charge < -0.3 is 58.0 Å². The van der Waals surface area contributed by atoms with Gasteiger partial charge in [0.1, 0.15) is 30.2 Å². The zero-order chi connectivity index (χ0) is 44.4. The van der Waals surface area contributed by atoms with Crippen molar-refractivity contribution in [1.29, 1.82) is 0 Å². The molecule has 19 atom stereocenters. The third-order valence-electron chi connectivity index (χ3n) is 15.3. The van der Waals surface area contributed by atoms with Gasteiger partial charge in [0.25, 0.3) is 0 Å². The summed E-state index contributed by atoms with van der Waals surface area (Å²) >= 11 is 0. The van der Waals surface area contributed by atoms with Crippen molar-refractivity contribution in [2.45, 2.75) is 165 Å². The predicted octanol–water partition coefficient (Wildman–Crippen LogP) is 5.78. The summed E-state index contributed by atoms with van der Waals surface area (Å²) in [5, 5.41) is 16.5. The maximum atomic E-state index is 15.1. The number of anilines is 1. The molecule has 2 saturated carbocycles. The van der Waals surface area contributed by atoms with Gasteiger partial charge in [-0.05, 0) is 127 Å². The number of fused-ring (bicyclic) bond motifs is 5. The number of aliphatic hydroxyl groups is 1. The number of benzene rings is 1. The van der Waals surface area contributed by atoms with Crippen molar-refractivity contribution in [3.63, 3.8) is 0 Å². The molecule has 3 aliphatic carbocycles. The van der Waals surface area contributed by atoms with Crippen LogP contribution in [0, 0.1) is 35.5 Å². The Bertz CT molecular complexity index is 1680. The predicted molar refractivity (Wildman–Crippen MR) is 232 cm³/mol. The number of carbonyl (C=O) groups excluding carboxylic acids is 2. The number of esters is 1. The van der Waals surface area contributed by atoms with Gasteiger partial charge in [0.2, 0.25) is 0 Å². The summed E-state index contributed by atoms with van der Waals surface area (Å²) in [6, 6.07) is 7.57. The van der Waals surface area contributed by atoms with Crippen LogP contribution in [0.2, 0.25) is 0 Å². The monoisotopic (exact) mass is 871 g/mol. The SMILES string of the molecule is CC[C@H]1CCC[C@H](O[C@H]2CC[C@H](N(C)C)C(C)O2)[C@@H](C)C(=O)C2=C[C@H]3[C@@H]4C[C@H](O[C@@H]5OC(C)[C@H](OC)C(OC)C5OC)C[C@H]4[C@H](Nc4ccc(OC)cc4)[C@@H](O)[C@H]3[C@@H]2CC(=O)O1. The van der Waals surface area contributed by atoms with E-state index >= 15 is 4.79 Å². The van der Waals surface area contributed by atoms with E-state index in [1.165, 1.54) is 0 Å². The summed E-state index contributed by atoms with van der Waals surface area (Å²) in [6.07, 6.45) is 3.31. The van der Waals surface area contributed by atoms with Gasteiger partial charge in [0.15, 0.2) is 18.4 Å². The smallest absolute Gasteiger partial charge is 0.306 e. The number of aliphatic hydroxyl groups excluding tert-OH is 1. The molecule has 0 amide bonds. The number of ether oxygens (including phenoxy) is 9. The van der Waals surface area contributed by atoms with Gasteiger partial charge in [-0.1, -0.05) is 19.9 Å². The number of ketones is 1. The largest absolute Gasteiger partial charge is 0.497 e. The van der Waals surface area contributed by atoms with Gasteiger partial charge in [-0.15, -0.1) is 0 Å². The summed E-state index contributed by atoms with van der Waals surface area (Å²) in [7, 11) is 10.7. The molecule has 1 aromatic carbocycles. The molecular weight excluding hydrogens is 797 g/mol. The molecule has 7 rings (SSSR count). The van der Waals surface area contributed by atoms with E-state index in [1.54, 1.807) is 28.4 Å². The first kappa shape index (κ1) is 47.3. The number of methoxy groups -OCH3 is 4. The molecule has 0 aromatic heterocycles. The summed E-state index contributed by atoms with van der Waals surface area (Å²) in [6.45, 7) is 8.04. The molecule has 3 saturated heterocycles. The number of cyclic esters (lactones) is 1. The van der Waals surface area contributed by atoms with Crippen molar-refractivity contribution in [3.05, 3.63) is 35.9 Å². The quantitative estimate of drug-likeness (QED) is 0.244. The Morgan fingerprint density at radius 1 is 0.839 bits per heavy atom. The minimum Gasteiger partial charge on any atom is -0.497 e. The van der Waals surface area contributed by atoms with Crippen LogP contribution >= 0.6 is 0 Å². The molecular formula is C48H74N2O12. The van der Waals surface area contributed by atoms with Gasteiger partial charge in [-0.25, -0.2) is 0 Å². The van der Waals surface area contributed by atoms with Crippen molar-refractivity contribution in [2.24, 2.45) is 35.5 Å². The molecule has 14 heteroatoms. The highest BCUT2D eigenvalue weighted by molar-refractivity contribution is 5.99. The molecule has 6 aliphatic rings. The van der Waals surface area contributed by atoms with Crippen molar-refractivity contribution < 1.29 is 57.3 Å². The van der Waals surface area contributed by atoms with E-state index in [4.69, 9.17) is 42.6 Å². The molecule has 0 spiro atoms. The maximum Gasteiger partial charge on any atom is 0.306 e. The van der Waals surface area contributed by atoms with E-state index in [2.05, 4.69) is 37.3 Å². The second-order valence-electron chi connectivity index (χ2n) is 19.0. The Morgan fingerprint density at radius 2 is 1.55 bits per heavy atom. The van der Waals surface area contributed by atoms with Gasteiger partial charge in [-0.3, -0.25) is 9.59 Å². The van der Waals surface area contributed by atoms with E-state index in [0.29, 0.717) is 43.7 Å². The topological polar surface area (TPSA) is 153 Å². The van der Waals surface area contributed by atoms with Crippen LogP contribution < -0.4 is 10.1 Å². The number of carbonyl (C=O) groups is 2. The first-order valence-electron chi connectivity index (χ1n) is 23.2. The highest BCUT2D eigenvalue weighted by Crippen LogP contribution is 2.57. The summed E-state index contributed by atoms with van der Waals surface area (Å²) in [5.74, 6) is -1.31. The lowest BCUT2D eigenvalue weighted by molar-refractivity contribution is -0.314. The van der Waals surface area contributed by atoms with E-state index in [9.17, 15) is 9.90 Å². The van der Waals surface area contributed by atoms with Crippen LogP contribution in [0.4, 0.5) is 5.69 Å². The fourth-order valence-corrected chi connectivity index (χ4v) is 12.1. The van der Waals surface area contributed by atoms with Gasteiger partial charge in [0, 0.05) is 50.8 Å². The lowest BCUT2D eigenvalue weighted by Gasteiger charge is -2.47. The number of likely N-dealkylation sites (N-methyl/N-ethyl adjacent to an activating group) is 1. The van der Waals surface area contributed by atoms with Crippen LogP contribution in [-0.4, -0.2) is 144 Å². The number of allylic oxidation sites excluding steroid dienone is 2. The minimum absolute atomic E-state index is 0.00861. The fraction of sp³-hybridized carbons (Fsp3) is 0.792. The minimum atomic E-state index is -0.904. The van der Waals surface area contributed by atoms with Gasteiger partial charge >= 0.3 is 5.97 Å². The molecule has 3 aliphatic heterocycles. The van der Waals surface area contributed by atoms with E-state index in [0.717, 1.165) is 30.7 Å². The van der Waals surface area contributed by atoms with E-state index < -0.39 is 54.7 Å². The average Bonchev–Trinajstić information content (AvgIpc) is 3.85. The Kier molecular flexibility index (Phi) is 15.8. The van der Waals surface area contributed by atoms with Crippen LogP contribution in [0.15, 0.2) is 35.9 Å². The number of rotatable bonds is 12. The third-order valence-corrected chi connectivity index (χ3v) is 15.3. The number of hydrogen-bond acceptors (Lipinski definition) is 14. The van der Waals surface area contributed by atoms with Crippen molar-refractivity contribution in [1.82, 2.24) is 4.90 Å². The summed E-state index contributed by atoms with van der Waals surface area (Å²) < 4.78 is 55.7. The standard InChI is InChI=1S/C48H74N2O12/c1-11-29-13-12-14-38(62-40-20-19-37(50(5)6)26(3)58-40)25(2)43(52)36-23-33-32-21-31(61-48-47(57-10)46(56-9)45(55-8)27(4)59-48)22-35(32)42(49-28-15-17-30(54-7)18-16-28)44(53)41(33)34(36)24-39(51)60-29/h15-18,23,25-27,29,31-35,37-38,40-42,44-49,53H,11-14,19-22,24H2,1-10H3/t25-,26?,27?,29+,31+,32+,33+,34-,35-,37+,38+,40+,41-,42+,44+,45+,46?,47?,48+/m1/s1. The molecule has 5 fully saturated rings. The second-order valence-corrected chi connectivity index (χ2v) is 19.0. The third kappa shape index (κ3) is 9.79. The van der Waals surface area contributed by atoms with Crippen molar-refractivity contribution in [2.75, 3.05) is 47.9 Å². The molecule has 348 valence electrons. The Hall–Kier alpha value is -2.66. The molecule has 14 nitrogen and oxygen atoms in total. The highest BCUT2D eigenvalue weighted by atomic mass is 16.7. The van der Waals surface area contributed by atoms with Crippen LogP contribution in [0.5, 0.6) is 5.75 Å². The van der Waals surface area contributed by atoms with Crippen LogP contribution in [0.25, 0.3) is 0 Å². The molecule has 62 heavy (non-hydrogen) atoms. The Balaban J connectivity index is 1.20. The summed E-state index contributed by atoms with van der Waals surface area (Å²) in [4.78, 5) is 31.3. The lowest BCUT2D eigenvalue weighted by atomic mass is 9.62. The Labute approximate surface area is 368 Å². The summed E-state index contributed by atoms with van der Waals surface area (Å²) in [5.41, 5.74) is 1.44. The Morgan fingerprint density at radius 3 is 2.19 bits per heavy atom. The van der Waals surface area contributed by atoms with Crippen LogP contribution in [-0.2, 0) is 47.5 Å². The average molecular weight is 871 g/mol. The molecule has 4 unspecified atom stereocenters. The van der Waals surface area contributed by atoms with Crippen molar-refractivity contribution >= 4 is 17.4 Å². The highest BCUT2D eigenvalue weighted by Gasteiger charge is 2.60. The molecule has 1 aromatic rings. The first-order valence-corrected chi connectivity index (χ1v) is 23.2. The number of Topliss-reactive ketones (excluding diaryl/α,β-unsaturated/α-hetero) is 1. The molecule has 2 N–H and O–H groups in total. The van der Waals surface area contributed by atoms with E-state index in [1.807, 2.05) is 45.0 Å². The fourth-order valence-electron chi connectivity index (χ4n) is 12.1. The number of nitrogens with one attached hydrogen (secondary N) is 1. The maximum absolute atomic E-state index is 15.1. The first-order chi connectivity index (χ1) is 29.8. The second kappa shape index (κ2) is 20.7. The van der Waals surface area contributed by atoms with E-state index in [-0.39, 0.29) is 72.6 Å². The van der Waals surface area contributed by atoms with Crippen LogP contribution in [0.3, 0.4) is 0 Å². The van der Waals surface area contributed by atoms with Gasteiger partial charge in [0.05, 0.1) is 50.1 Å². The zero-order valence-corrected chi connectivity index (χ0v) is 38.6. The number of nitrogens with zero attached hydrogens (tertiary/aromatic N) is 1. The van der Waals surface area contributed by atoms with Gasteiger partial charge in [-0.2, -0.15) is 0 Å². The molecule has 3 heterocycles. The molecule has 0 bridgehead atoms. The van der Waals surface area contributed by atoms with Crippen molar-refractivity contribution in [3.8, 4) is 5.75 Å².